The summed E-state index contributed by atoms with van der Waals surface area (Å²) in [6, 6.07) is 4.11. The molecule has 1 amide bonds. The molecule has 0 saturated carbocycles. The summed E-state index contributed by atoms with van der Waals surface area (Å²) in [4.78, 5) is 11.4. The van der Waals surface area contributed by atoms with E-state index in [9.17, 15) is 9.90 Å². The number of benzene rings is 1. The second kappa shape index (κ2) is 6.55. The van der Waals surface area contributed by atoms with Crippen LogP contribution >= 0.6 is 0 Å². The summed E-state index contributed by atoms with van der Waals surface area (Å²) in [6.45, 7) is 8.27. The molecule has 1 atom stereocenters. The maximum absolute atomic E-state index is 11.4. The lowest BCUT2D eigenvalue weighted by Crippen LogP contribution is -2.28. The summed E-state index contributed by atoms with van der Waals surface area (Å²) in [7, 11) is 0. The molecule has 1 aromatic rings. The first-order chi connectivity index (χ1) is 8.45. The average Bonchev–Trinajstić information content (AvgIpc) is 2.25. The van der Waals surface area contributed by atoms with Crippen molar-refractivity contribution in [2.24, 2.45) is 0 Å². The van der Waals surface area contributed by atoms with Gasteiger partial charge in [0.25, 0.3) is 0 Å². The zero-order valence-corrected chi connectivity index (χ0v) is 11.7. The molecular formula is C15H23NO2. The lowest BCUT2D eigenvalue weighted by atomic mass is 9.95. The fraction of sp³-hybridized carbons (Fsp3) is 0.533. The van der Waals surface area contributed by atoms with Crippen LogP contribution in [0.4, 0.5) is 0 Å². The SMILES string of the molecule is CCCC(=O)NCC(O)c1c(C)cc(C)cc1C. The van der Waals surface area contributed by atoms with E-state index in [1.807, 2.05) is 27.7 Å². The van der Waals surface area contributed by atoms with Gasteiger partial charge in [0.1, 0.15) is 0 Å². The van der Waals surface area contributed by atoms with Gasteiger partial charge >= 0.3 is 0 Å². The van der Waals surface area contributed by atoms with Crippen molar-refractivity contribution in [1.82, 2.24) is 5.32 Å². The number of hydrogen-bond donors (Lipinski definition) is 2. The molecule has 1 unspecified atom stereocenters. The van der Waals surface area contributed by atoms with Crippen LogP contribution in [0.2, 0.25) is 0 Å². The molecule has 0 aromatic heterocycles. The minimum Gasteiger partial charge on any atom is -0.387 e. The molecule has 0 bridgehead atoms. The molecule has 0 aliphatic rings. The van der Waals surface area contributed by atoms with E-state index in [-0.39, 0.29) is 12.5 Å². The molecule has 2 N–H and O–H groups in total. The molecule has 0 fully saturated rings. The molecule has 0 heterocycles. The molecule has 0 saturated heterocycles. The van der Waals surface area contributed by atoms with Crippen LogP contribution in [0.5, 0.6) is 0 Å². The van der Waals surface area contributed by atoms with Gasteiger partial charge in [-0.2, -0.15) is 0 Å². The summed E-state index contributed by atoms with van der Waals surface area (Å²) >= 11 is 0. The van der Waals surface area contributed by atoms with Gasteiger partial charge in [0, 0.05) is 13.0 Å². The minimum atomic E-state index is -0.633. The highest BCUT2D eigenvalue weighted by Crippen LogP contribution is 2.23. The second-order valence-corrected chi connectivity index (χ2v) is 4.88. The predicted octanol–water partition coefficient (Wildman–Crippen LogP) is 2.56. The van der Waals surface area contributed by atoms with Crippen molar-refractivity contribution < 1.29 is 9.90 Å². The molecule has 100 valence electrons. The van der Waals surface area contributed by atoms with Gasteiger partial charge in [0.05, 0.1) is 6.10 Å². The second-order valence-electron chi connectivity index (χ2n) is 4.88. The van der Waals surface area contributed by atoms with E-state index in [0.717, 1.165) is 23.1 Å². The van der Waals surface area contributed by atoms with Gasteiger partial charge in [0.2, 0.25) is 5.91 Å². The fourth-order valence-corrected chi connectivity index (χ4v) is 2.34. The Bertz CT molecular complexity index is 403. The van der Waals surface area contributed by atoms with Crippen molar-refractivity contribution in [3.05, 3.63) is 34.4 Å². The standard InChI is InChI=1S/C15H23NO2/c1-5-6-14(18)16-9-13(17)15-11(3)7-10(2)8-12(15)4/h7-8,13,17H,5-6,9H2,1-4H3,(H,16,18). The van der Waals surface area contributed by atoms with Crippen molar-refractivity contribution in [2.45, 2.75) is 46.6 Å². The Morgan fingerprint density at radius 3 is 2.33 bits per heavy atom. The van der Waals surface area contributed by atoms with Gasteiger partial charge < -0.3 is 10.4 Å². The van der Waals surface area contributed by atoms with Crippen molar-refractivity contribution >= 4 is 5.91 Å². The van der Waals surface area contributed by atoms with E-state index in [0.29, 0.717) is 6.42 Å². The zero-order valence-electron chi connectivity index (χ0n) is 11.7. The van der Waals surface area contributed by atoms with E-state index in [4.69, 9.17) is 0 Å². The fourth-order valence-electron chi connectivity index (χ4n) is 2.34. The van der Waals surface area contributed by atoms with Crippen LogP contribution in [0, 0.1) is 20.8 Å². The van der Waals surface area contributed by atoms with Gasteiger partial charge in [-0.3, -0.25) is 4.79 Å². The van der Waals surface area contributed by atoms with Crippen LogP contribution < -0.4 is 5.32 Å². The summed E-state index contributed by atoms with van der Waals surface area (Å²) in [5, 5.41) is 12.9. The number of carbonyl (C=O) groups excluding carboxylic acids is 1. The zero-order chi connectivity index (χ0) is 13.7. The summed E-state index contributed by atoms with van der Waals surface area (Å²) in [5.41, 5.74) is 4.27. The molecule has 0 radical (unpaired) electrons. The summed E-state index contributed by atoms with van der Waals surface area (Å²) in [6.07, 6.45) is 0.703. The Hall–Kier alpha value is -1.35. The normalized spacial score (nSPS) is 12.3. The van der Waals surface area contributed by atoms with Gasteiger partial charge in [-0.25, -0.2) is 0 Å². The van der Waals surface area contributed by atoms with E-state index < -0.39 is 6.10 Å². The van der Waals surface area contributed by atoms with E-state index >= 15 is 0 Å². The van der Waals surface area contributed by atoms with Crippen LogP contribution in [0.3, 0.4) is 0 Å². The predicted molar refractivity (Wildman–Crippen MR) is 73.5 cm³/mol. The molecule has 1 rings (SSSR count). The Morgan fingerprint density at radius 1 is 1.28 bits per heavy atom. The third kappa shape index (κ3) is 3.84. The first-order valence-corrected chi connectivity index (χ1v) is 6.48. The van der Waals surface area contributed by atoms with Crippen molar-refractivity contribution in [3.8, 4) is 0 Å². The van der Waals surface area contributed by atoms with Crippen LogP contribution in [0.1, 0.15) is 48.1 Å². The number of hydrogen-bond acceptors (Lipinski definition) is 2. The van der Waals surface area contributed by atoms with E-state index in [2.05, 4.69) is 17.4 Å². The third-order valence-corrected chi connectivity index (χ3v) is 3.04. The summed E-state index contributed by atoms with van der Waals surface area (Å²) in [5.74, 6) is -0.000956. The van der Waals surface area contributed by atoms with Gasteiger partial charge in [-0.05, 0) is 43.9 Å². The Morgan fingerprint density at radius 2 is 1.83 bits per heavy atom. The van der Waals surface area contributed by atoms with E-state index in [1.54, 1.807) is 0 Å². The highest BCUT2D eigenvalue weighted by atomic mass is 16.3. The molecule has 0 spiro atoms. The highest BCUT2D eigenvalue weighted by Gasteiger charge is 2.14. The van der Waals surface area contributed by atoms with Crippen molar-refractivity contribution in [2.75, 3.05) is 6.54 Å². The minimum absolute atomic E-state index is 0.000956. The highest BCUT2D eigenvalue weighted by molar-refractivity contribution is 5.75. The average molecular weight is 249 g/mol. The lowest BCUT2D eigenvalue weighted by molar-refractivity contribution is -0.121. The lowest BCUT2D eigenvalue weighted by Gasteiger charge is -2.18. The molecule has 0 aliphatic carbocycles. The van der Waals surface area contributed by atoms with Gasteiger partial charge in [-0.1, -0.05) is 24.6 Å². The van der Waals surface area contributed by atoms with Crippen LogP contribution in [-0.4, -0.2) is 17.6 Å². The number of rotatable bonds is 5. The molecule has 1 aromatic carbocycles. The Kier molecular flexibility index (Phi) is 5.35. The monoisotopic (exact) mass is 249 g/mol. The molecule has 3 heteroatoms. The van der Waals surface area contributed by atoms with Gasteiger partial charge in [0.15, 0.2) is 0 Å². The maximum atomic E-state index is 11.4. The van der Waals surface area contributed by atoms with E-state index in [1.165, 1.54) is 5.56 Å². The largest absolute Gasteiger partial charge is 0.387 e. The Balaban J connectivity index is 2.73. The van der Waals surface area contributed by atoms with Crippen LogP contribution in [-0.2, 0) is 4.79 Å². The topological polar surface area (TPSA) is 49.3 Å². The number of amides is 1. The number of carbonyl (C=O) groups is 1. The van der Waals surface area contributed by atoms with Gasteiger partial charge in [-0.15, -0.1) is 0 Å². The number of aryl methyl sites for hydroxylation is 3. The maximum Gasteiger partial charge on any atom is 0.220 e. The van der Waals surface area contributed by atoms with Crippen LogP contribution in [0.15, 0.2) is 12.1 Å². The van der Waals surface area contributed by atoms with Crippen molar-refractivity contribution in [1.29, 1.82) is 0 Å². The third-order valence-electron chi connectivity index (χ3n) is 3.04. The van der Waals surface area contributed by atoms with Crippen molar-refractivity contribution in [3.63, 3.8) is 0 Å². The molecule has 18 heavy (non-hydrogen) atoms. The molecule has 3 nitrogen and oxygen atoms in total. The Labute approximate surface area is 109 Å². The first-order valence-electron chi connectivity index (χ1n) is 6.48. The number of nitrogens with one attached hydrogen (secondary N) is 1. The summed E-state index contributed by atoms with van der Waals surface area (Å²) < 4.78 is 0. The first kappa shape index (κ1) is 14.7. The molecule has 0 aliphatic heterocycles. The quantitative estimate of drug-likeness (QED) is 0.842. The molecular weight excluding hydrogens is 226 g/mol. The number of aliphatic hydroxyl groups is 1. The smallest absolute Gasteiger partial charge is 0.220 e. The van der Waals surface area contributed by atoms with Crippen LogP contribution in [0.25, 0.3) is 0 Å². The number of aliphatic hydroxyl groups excluding tert-OH is 1.